The van der Waals surface area contributed by atoms with Crippen LogP contribution >= 0.6 is 11.6 Å². The summed E-state index contributed by atoms with van der Waals surface area (Å²) < 4.78 is 33.1. The van der Waals surface area contributed by atoms with Gasteiger partial charge in [0.05, 0.1) is 21.3 Å². The third-order valence-electron chi connectivity index (χ3n) is 4.76. The Kier molecular flexibility index (Phi) is 7.73. The number of nitrogens with zero attached hydrogens (tertiary/aromatic N) is 1. The number of amides is 1. The van der Waals surface area contributed by atoms with Crippen LogP contribution in [0.4, 0.5) is 11.4 Å². The number of carbonyl (C=O) groups is 2. The van der Waals surface area contributed by atoms with Crippen LogP contribution in [0.25, 0.3) is 0 Å². The maximum absolute atomic E-state index is 13.2. The van der Waals surface area contributed by atoms with Gasteiger partial charge in [0, 0.05) is 12.1 Å². The van der Waals surface area contributed by atoms with Crippen molar-refractivity contribution in [2.24, 2.45) is 0 Å². The Morgan fingerprint density at radius 3 is 2.27 bits per heavy atom. The smallest absolute Gasteiger partial charge is 0.264 e. The molecular formula is C24H23ClN2O5S. The molecule has 0 aliphatic carbocycles. The molecule has 0 aliphatic rings. The topological polar surface area (TPSA) is 92.8 Å². The van der Waals surface area contributed by atoms with Crippen LogP contribution in [0, 0.1) is 0 Å². The minimum absolute atomic E-state index is 0.00589. The van der Waals surface area contributed by atoms with E-state index in [-0.39, 0.29) is 34.5 Å². The molecule has 0 heterocycles. The Bertz CT molecular complexity index is 1250. The Morgan fingerprint density at radius 2 is 1.67 bits per heavy atom. The van der Waals surface area contributed by atoms with Gasteiger partial charge in [0.2, 0.25) is 0 Å². The van der Waals surface area contributed by atoms with Crippen molar-refractivity contribution < 1.29 is 22.7 Å². The average molecular weight is 487 g/mol. The number of ether oxygens (including phenoxy) is 1. The molecule has 0 unspecified atom stereocenters. The van der Waals surface area contributed by atoms with E-state index in [1.807, 2.05) is 0 Å². The highest BCUT2D eigenvalue weighted by Gasteiger charge is 2.24. The molecule has 3 aromatic carbocycles. The van der Waals surface area contributed by atoms with E-state index >= 15 is 0 Å². The fraction of sp³-hybridized carbons (Fsp3) is 0.167. The second kappa shape index (κ2) is 10.5. The summed E-state index contributed by atoms with van der Waals surface area (Å²) in [5.74, 6) is -0.172. The average Bonchev–Trinajstić information content (AvgIpc) is 2.80. The molecule has 0 saturated heterocycles. The van der Waals surface area contributed by atoms with Gasteiger partial charge in [-0.1, -0.05) is 29.8 Å². The first-order valence-corrected chi connectivity index (χ1v) is 11.9. The van der Waals surface area contributed by atoms with Crippen LogP contribution < -0.4 is 14.4 Å². The second-order valence-corrected chi connectivity index (χ2v) is 9.33. The van der Waals surface area contributed by atoms with E-state index in [0.29, 0.717) is 17.0 Å². The lowest BCUT2D eigenvalue weighted by Gasteiger charge is -2.23. The predicted molar refractivity (Wildman–Crippen MR) is 129 cm³/mol. The minimum Gasteiger partial charge on any atom is -0.484 e. The molecule has 172 valence electrons. The predicted octanol–water partition coefficient (Wildman–Crippen LogP) is 4.78. The van der Waals surface area contributed by atoms with E-state index in [4.69, 9.17) is 16.3 Å². The number of hydrogen-bond acceptors (Lipinski definition) is 5. The molecule has 0 aromatic heterocycles. The number of halogens is 1. The second-order valence-electron chi connectivity index (χ2n) is 7.06. The summed E-state index contributed by atoms with van der Waals surface area (Å²) in [7, 11) is -3.88. The van der Waals surface area contributed by atoms with Gasteiger partial charge in [-0.05, 0) is 68.4 Å². The summed E-state index contributed by atoms with van der Waals surface area (Å²) >= 11 is 6.19. The summed E-state index contributed by atoms with van der Waals surface area (Å²) in [4.78, 5) is 23.7. The van der Waals surface area contributed by atoms with Gasteiger partial charge in [0.1, 0.15) is 5.75 Å². The molecule has 33 heavy (non-hydrogen) atoms. The van der Waals surface area contributed by atoms with Gasteiger partial charge in [-0.25, -0.2) is 8.42 Å². The van der Waals surface area contributed by atoms with Crippen molar-refractivity contribution in [1.29, 1.82) is 0 Å². The number of ketones is 1. The van der Waals surface area contributed by atoms with Crippen LogP contribution in [-0.4, -0.2) is 33.3 Å². The lowest BCUT2D eigenvalue weighted by atomic mass is 10.1. The van der Waals surface area contributed by atoms with Crippen LogP contribution in [0.1, 0.15) is 24.2 Å². The van der Waals surface area contributed by atoms with E-state index in [9.17, 15) is 18.0 Å². The van der Waals surface area contributed by atoms with Crippen LogP contribution in [0.15, 0.2) is 77.7 Å². The molecule has 3 aromatic rings. The third-order valence-corrected chi connectivity index (χ3v) is 6.99. The molecule has 3 rings (SSSR count). The molecule has 0 aliphatic heterocycles. The van der Waals surface area contributed by atoms with Crippen molar-refractivity contribution in [3.8, 4) is 5.75 Å². The Balaban J connectivity index is 1.74. The van der Waals surface area contributed by atoms with Gasteiger partial charge in [-0.2, -0.15) is 0 Å². The van der Waals surface area contributed by atoms with Gasteiger partial charge in [0.15, 0.2) is 12.4 Å². The van der Waals surface area contributed by atoms with E-state index < -0.39 is 15.9 Å². The number of carbonyl (C=O) groups excluding carboxylic acids is 2. The summed E-state index contributed by atoms with van der Waals surface area (Å²) in [6.07, 6.45) is 0. The van der Waals surface area contributed by atoms with Crippen molar-refractivity contribution in [3.05, 3.63) is 83.4 Å². The lowest BCUT2D eigenvalue weighted by Crippen LogP contribution is -2.30. The van der Waals surface area contributed by atoms with E-state index in [1.54, 1.807) is 61.5 Å². The Hall–Kier alpha value is -3.36. The highest BCUT2D eigenvalue weighted by Crippen LogP contribution is 2.29. The molecule has 0 atom stereocenters. The Labute approximate surface area is 198 Å². The minimum atomic E-state index is -3.88. The van der Waals surface area contributed by atoms with Gasteiger partial charge >= 0.3 is 0 Å². The monoisotopic (exact) mass is 486 g/mol. The molecule has 0 spiro atoms. The number of sulfonamides is 1. The number of hydrogen-bond donors (Lipinski definition) is 1. The van der Waals surface area contributed by atoms with Gasteiger partial charge in [0.25, 0.3) is 15.9 Å². The van der Waals surface area contributed by atoms with E-state index in [2.05, 4.69) is 5.32 Å². The Morgan fingerprint density at radius 1 is 1.00 bits per heavy atom. The summed E-state index contributed by atoms with van der Waals surface area (Å²) in [5.41, 5.74) is 1.22. The molecule has 7 nitrogen and oxygen atoms in total. The zero-order valence-corrected chi connectivity index (χ0v) is 19.7. The van der Waals surface area contributed by atoms with Crippen molar-refractivity contribution >= 4 is 44.7 Å². The van der Waals surface area contributed by atoms with Crippen LogP contribution in [-0.2, 0) is 14.8 Å². The van der Waals surface area contributed by atoms with Gasteiger partial charge in [-0.15, -0.1) is 0 Å². The van der Waals surface area contributed by atoms with E-state index in [1.165, 1.54) is 29.4 Å². The fourth-order valence-corrected chi connectivity index (χ4v) is 4.76. The normalized spacial score (nSPS) is 11.0. The number of nitrogens with one attached hydrogen (secondary N) is 1. The SMILES string of the molecule is CCN(c1ccccc1)S(=O)(=O)c1ccc(Cl)c(NC(=O)COc2ccc(C(C)=O)cc2)c1. The van der Waals surface area contributed by atoms with Crippen molar-refractivity contribution in [3.63, 3.8) is 0 Å². The molecule has 1 amide bonds. The first-order valence-electron chi connectivity index (χ1n) is 10.1. The summed E-state index contributed by atoms with van der Waals surface area (Å²) in [6, 6.07) is 19.3. The van der Waals surface area contributed by atoms with Crippen LogP contribution in [0.3, 0.4) is 0 Å². The van der Waals surface area contributed by atoms with Crippen LogP contribution in [0.2, 0.25) is 5.02 Å². The number of para-hydroxylation sites is 1. The highest BCUT2D eigenvalue weighted by atomic mass is 35.5. The molecule has 9 heteroatoms. The maximum Gasteiger partial charge on any atom is 0.264 e. The fourth-order valence-electron chi connectivity index (χ4n) is 3.09. The largest absolute Gasteiger partial charge is 0.484 e. The van der Waals surface area contributed by atoms with Gasteiger partial charge in [-0.3, -0.25) is 13.9 Å². The van der Waals surface area contributed by atoms with Crippen molar-refractivity contribution in [2.45, 2.75) is 18.7 Å². The number of rotatable bonds is 9. The third kappa shape index (κ3) is 5.91. The lowest BCUT2D eigenvalue weighted by molar-refractivity contribution is -0.118. The standard InChI is InChI=1S/C24H23ClN2O5S/c1-3-27(19-7-5-4-6-8-19)33(30,31)21-13-14-22(25)23(15-21)26-24(29)16-32-20-11-9-18(10-12-20)17(2)28/h4-15H,3,16H2,1-2H3,(H,26,29). The summed E-state index contributed by atoms with van der Waals surface area (Å²) in [6.45, 7) is 3.11. The van der Waals surface area contributed by atoms with Crippen molar-refractivity contribution in [2.75, 3.05) is 22.8 Å². The number of Topliss-reactive ketones (excluding diaryl/α,β-unsaturated/α-hetero) is 1. The zero-order valence-electron chi connectivity index (χ0n) is 18.1. The molecular weight excluding hydrogens is 464 g/mol. The summed E-state index contributed by atoms with van der Waals surface area (Å²) in [5, 5.41) is 2.78. The first kappa shape index (κ1) is 24.3. The molecule has 0 radical (unpaired) electrons. The molecule has 1 N–H and O–H groups in total. The maximum atomic E-state index is 13.2. The van der Waals surface area contributed by atoms with Crippen molar-refractivity contribution in [1.82, 2.24) is 0 Å². The van der Waals surface area contributed by atoms with E-state index in [0.717, 1.165) is 0 Å². The number of anilines is 2. The first-order chi connectivity index (χ1) is 15.7. The zero-order chi connectivity index (χ0) is 24.0. The molecule has 0 fully saturated rings. The quantitative estimate of drug-likeness (QED) is 0.439. The van der Waals surface area contributed by atoms with Crippen LogP contribution in [0.5, 0.6) is 5.75 Å². The van der Waals surface area contributed by atoms with Gasteiger partial charge < -0.3 is 10.1 Å². The molecule has 0 saturated carbocycles. The molecule has 0 bridgehead atoms. The highest BCUT2D eigenvalue weighted by molar-refractivity contribution is 7.92. The number of benzene rings is 3.